The molecule has 2 nitrogen and oxygen atoms in total. The fourth-order valence-corrected chi connectivity index (χ4v) is 6.99. The van der Waals surface area contributed by atoms with Gasteiger partial charge in [-0.05, 0) is 17.5 Å². The third-order valence-corrected chi connectivity index (χ3v) is 9.74. The molecule has 0 aliphatic carbocycles. The van der Waals surface area contributed by atoms with Crippen LogP contribution in [0.1, 0.15) is 5.56 Å². The Hall–Kier alpha value is -6.81. The van der Waals surface area contributed by atoms with Gasteiger partial charge in [0, 0.05) is 17.0 Å². The quantitative estimate of drug-likeness (QED) is 0.0584. The van der Waals surface area contributed by atoms with Gasteiger partial charge in [0.25, 0.3) is 0 Å². The number of hydrogen-bond acceptors (Lipinski definition) is 1. The normalized spacial score (nSPS) is 11.6. The van der Waals surface area contributed by atoms with Gasteiger partial charge < -0.3 is 5.11 Å². The van der Waals surface area contributed by atoms with Crippen molar-refractivity contribution in [3.05, 3.63) is 189 Å². The molecule has 1 N–H and O–H groups in total. The maximum absolute atomic E-state index is 15.4. The molecule has 0 radical (unpaired) electrons. The van der Waals surface area contributed by atoms with Crippen molar-refractivity contribution in [2.45, 2.75) is 6.54 Å². The molecule has 23 heteroatoms. The Morgan fingerprint density at radius 2 is 0.651 bits per heavy atom. The minimum Gasteiger partial charge on any atom is -0.508 e. The van der Waals surface area contributed by atoms with Crippen LogP contribution in [0.25, 0.3) is 10.8 Å². The molecule has 7 rings (SSSR count). The fourth-order valence-electron chi connectivity index (χ4n) is 6.99. The lowest BCUT2D eigenvalue weighted by Gasteiger charge is -2.44. The first-order valence-corrected chi connectivity index (χ1v) is 16.9. The Labute approximate surface area is 337 Å². The van der Waals surface area contributed by atoms with Crippen LogP contribution in [0.4, 0.5) is 87.8 Å². The van der Waals surface area contributed by atoms with E-state index in [2.05, 4.69) is 35.2 Å². The van der Waals surface area contributed by atoms with E-state index in [1.165, 1.54) is 5.56 Å². The average Bonchev–Trinajstić information content (AvgIpc) is 3.26. The van der Waals surface area contributed by atoms with E-state index in [0.717, 1.165) is 17.3 Å². The van der Waals surface area contributed by atoms with Gasteiger partial charge in [-0.2, -0.15) is 0 Å². The number of phenolic OH excluding ortho intramolecular Hbond substituents is 1. The highest BCUT2D eigenvalue weighted by molar-refractivity contribution is 7.20. The number of benzene rings is 6. The smallest absolute Gasteiger partial charge is 0.200 e. The fraction of sp³-hybridized carbons (Fsp3) is 0.0250. The lowest BCUT2D eigenvalue weighted by molar-refractivity contribution is -0.687. The molecule has 328 valence electrons. The Morgan fingerprint density at radius 3 is 0.968 bits per heavy atom. The molecule has 0 aliphatic rings. The molecule has 0 atom stereocenters. The van der Waals surface area contributed by atoms with Gasteiger partial charge in [0.15, 0.2) is 88.7 Å². The maximum atomic E-state index is 15.4. The molecule has 0 unspecified atom stereocenters. The lowest BCUT2D eigenvalue weighted by atomic mass is 9.12. The van der Waals surface area contributed by atoms with Crippen molar-refractivity contribution in [1.82, 2.24) is 0 Å². The number of aromatic nitrogens is 1. The van der Waals surface area contributed by atoms with Crippen molar-refractivity contribution < 1.29 is 97.5 Å². The number of pyridine rings is 1. The van der Waals surface area contributed by atoms with Crippen LogP contribution in [0, 0.1) is 116 Å². The van der Waals surface area contributed by atoms with Crippen molar-refractivity contribution in [2.75, 3.05) is 0 Å². The van der Waals surface area contributed by atoms with E-state index >= 15 is 35.1 Å². The third kappa shape index (κ3) is 7.21. The summed E-state index contributed by atoms with van der Waals surface area (Å²) in [6.45, 7) is 0.840. The SMILES string of the molecule is Fc1c(F)c(F)c([B-](c2c(F)c(F)c(F)c(F)c2F)(c2c(F)c(F)c(F)c(F)c2F)c2c(F)c(F)c(F)c(F)c2F)c(F)c1F.Oc1ccc2cc[n+](Cc3ccccc3)cc2c1. The predicted octanol–water partition coefficient (Wildman–Crippen LogP) is 8.73. The summed E-state index contributed by atoms with van der Waals surface area (Å²) < 4.78 is 296. The maximum Gasteiger partial charge on any atom is 0.200 e. The molecule has 63 heavy (non-hydrogen) atoms. The van der Waals surface area contributed by atoms with Crippen LogP contribution >= 0.6 is 0 Å². The van der Waals surface area contributed by atoms with Crippen LogP contribution in [0.15, 0.2) is 67.0 Å². The van der Waals surface area contributed by atoms with Crippen LogP contribution < -0.4 is 26.4 Å². The van der Waals surface area contributed by atoms with Gasteiger partial charge in [0.1, 0.15) is 58.4 Å². The molecule has 1 aromatic heterocycles. The van der Waals surface area contributed by atoms with Crippen molar-refractivity contribution in [2.24, 2.45) is 0 Å². The molecular weight excluding hydrogens is 901 g/mol. The number of aromatic hydroxyl groups is 1. The number of hydrogen-bond donors (Lipinski definition) is 1. The molecule has 0 fully saturated rings. The second-order valence-electron chi connectivity index (χ2n) is 13.2. The van der Waals surface area contributed by atoms with E-state index in [1.807, 2.05) is 24.3 Å². The molecule has 0 saturated carbocycles. The summed E-state index contributed by atoms with van der Waals surface area (Å²) >= 11 is 0. The lowest BCUT2D eigenvalue weighted by Crippen LogP contribution is -2.81. The number of fused-ring (bicyclic) bond motifs is 1. The average molecular weight is 915 g/mol. The summed E-state index contributed by atoms with van der Waals surface area (Å²) in [7, 11) is 0. The van der Waals surface area contributed by atoms with E-state index in [9.17, 15) is 57.8 Å². The van der Waals surface area contributed by atoms with E-state index in [-0.39, 0.29) is 0 Å². The van der Waals surface area contributed by atoms with Gasteiger partial charge in [0.05, 0.1) is 0 Å². The highest BCUT2D eigenvalue weighted by Crippen LogP contribution is 2.31. The van der Waals surface area contributed by atoms with E-state index in [4.69, 9.17) is 0 Å². The largest absolute Gasteiger partial charge is 0.508 e. The highest BCUT2D eigenvalue weighted by atomic mass is 19.2. The second kappa shape index (κ2) is 16.8. The molecule has 0 aliphatic heterocycles. The first-order chi connectivity index (χ1) is 29.5. The van der Waals surface area contributed by atoms with Gasteiger partial charge in [0.2, 0.25) is 0 Å². The summed E-state index contributed by atoms with van der Waals surface area (Å²) in [5, 5.41) is 11.7. The topological polar surface area (TPSA) is 24.1 Å². The summed E-state index contributed by atoms with van der Waals surface area (Å²) in [6, 6.07) is 17.8. The van der Waals surface area contributed by atoms with Gasteiger partial charge in [-0.25, -0.2) is 92.4 Å². The molecule has 7 aromatic rings. The van der Waals surface area contributed by atoms with Gasteiger partial charge in [-0.3, -0.25) is 0 Å². The molecule has 1 heterocycles. The zero-order valence-corrected chi connectivity index (χ0v) is 30.1. The third-order valence-electron chi connectivity index (χ3n) is 9.74. The molecule has 6 aromatic carbocycles. The summed E-state index contributed by atoms with van der Waals surface area (Å²) in [5.74, 6) is -71.1. The highest BCUT2D eigenvalue weighted by Gasteiger charge is 2.52. The number of halogens is 20. The summed E-state index contributed by atoms with van der Waals surface area (Å²) in [4.78, 5) is 0. The summed E-state index contributed by atoms with van der Waals surface area (Å²) in [5.41, 5.74) is -13.1. The standard InChI is InChI=1S/C24BF20.C16H13NO/c26-5-1(6(27)14(35)21(42)13(5)34)25(2-7(28)15(36)22(43)16(37)8(2)29,3-9(30)17(38)23(44)18(39)10(3)31)4-11(32)19(40)24(45)20(41)12(4)33;18-16-7-6-14-8-9-17(12-15(14)10-16)11-13-4-2-1-3-5-13/h;1-10,12H,11H2/q-1;/p+1. The Bertz CT molecular complexity index is 2620. The number of nitrogens with zero attached hydrogens (tertiary/aromatic N) is 1. The van der Waals surface area contributed by atoms with Crippen molar-refractivity contribution >= 4 is 38.8 Å². The monoisotopic (exact) mass is 915 g/mol. The number of phenols is 1. The first-order valence-electron chi connectivity index (χ1n) is 16.9. The Morgan fingerprint density at radius 1 is 0.349 bits per heavy atom. The Balaban J connectivity index is 0.000000302. The summed E-state index contributed by atoms with van der Waals surface area (Å²) in [6.07, 6.45) is -3.10. The van der Waals surface area contributed by atoms with E-state index in [0.29, 0.717) is 5.75 Å². The zero-order chi connectivity index (χ0) is 46.7. The van der Waals surface area contributed by atoms with Gasteiger partial charge in [-0.15, -0.1) is 21.9 Å². The van der Waals surface area contributed by atoms with E-state index < -0.39 is 144 Å². The van der Waals surface area contributed by atoms with Crippen LogP contribution in [0.3, 0.4) is 0 Å². The first kappa shape index (κ1) is 45.7. The molecule has 0 bridgehead atoms. The minimum absolute atomic E-state index is 0.306. The van der Waals surface area contributed by atoms with Crippen LogP contribution in [0.5, 0.6) is 5.75 Å². The second-order valence-corrected chi connectivity index (χ2v) is 13.2. The minimum atomic E-state index is -7.22. The van der Waals surface area contributed by atoms with Crippen LogP contribution in [-0.2, 0) is 6.54 Å². The van der Waals surface area contributed by atoms with Crippen molar-refractivity contribution in [1.29, 1.82) is 0 Å². The predicted molar refractivity (Wildman–Crippen MR) is 181 cm³/mol. The number of rotatable bonds is 6. The van der Waals surface area contributed by atoms with Crippen LogP contribution in [-0.4, -0.2) is 11.3 Å². The Kier molecular flexibility index (Phi) is 12.2. The zero-order valence-electron chi connectivity index (χ0n) is 30.1. The molecule has 0 saturated heterocycles. The van der Waals surface area contributed by atoms with Gasteiger partial charge >= 0.3 is 0 Å². The molecule has 0 spiro atoms. The van der Waals surface area contributed by atoms with Gasteiger partial charge in [-0.1, -0.05) is 36.4 Å². The van der Waals surface area contributed by atoms with E-state index in [1.54, 1.807) is 12.1 Å². The molecular formula is C40H14BF20NO. The van der Waals surface area contributed by atoms with Crippen molar-refractivity contribution in [3.8, 4) is 5.75 Å². The van der Waals surface area contributed by atoms with Crippen molar-refractivity contribution in [3.63, 3.8) is 0 Å². The van der Waals surface area contributed by atoms with Crippen LogP contribution in [0.2, 0.25) is 0 Å². The molecule has 0 amide bonds.